The molecule has 0 saturated carbocycles. The predicted octanol–water partition coefficient (Wildman–Crippen LogP) is 4.53. The van der Waals surface area contributed by atoms with Crippen molar-refractivity contribution in [2.75, 3.05) is 0 Å². The molecule has 0 radical (unpaired) electrons. The maximum atomic E-state index is 3.44. The summed E-state index contributed by atoms with van der Waals surface area (Å²) in [7, 11) is 0.0828. The Bertz CT molecular complexity index is 315. The van der Waals surface area contributed by atoms with Gasteiger partial charge in [0.2, 0.25) is 0 Å². The Kier molecular flexibility index (Phi) is 3.19. The van der Waals surface area contributed by atoms with Crippen LogP contribution in [0.5, 0.6) is 0 Å². The van der Waals surface area contributed by atoms with Gasteiger partial charge in [0.05, 0.1) is 0 Å². The monoisotopic (exact) mass is 220 g/mol. The van der Waals surface area contributed by atoms with E-state index in [1.807, 2.05) is 0 Å². The standard InChI is InChI=1S/C14H21P/c1-10(2)13-9-14(11(3)4)15(13)12-7-5-6-8-12/h5-7,10-11,13-14H,9H2,1-4H3/t13-,14-/m1/s1. The molecule has 1 aliphatic carbocycles. The van der Waals surface area contributed by atoms with Crippen LogP contribution in [0.2, 0.25) is 0 Å². The molecular formula is C14H21P. The Morgan fingerprint density at radius 3 is 2.20 bits per heavy atom. The van der Waals surface area contributed by atoms with E-state index in [1.165, 1.54) is 11.7 Å². The van der Waals surface area contributed by atoms with E-state index >= 15 is 0 Å². The lowest BCUT2D eigenvalue weighted by Gasteiger charge is -2.49. The van der Waals surface area contributed by atoms with Crippen molar-refractivity contribution in [1.82, 2.24) is 0 Å². The Balaban J connectivity index is 2.16. The minimum atomic E-state index is 0.0828. The zero-order valence-corrected chi connectivity index (χ0v) is 11.1. The van der Waals surface area contributed by atoms with Crippen LogP contribution in [0.3, 0.4) is 0 Å². The normalized spacial score (nSPS) is 30.1. The summed E-state index contributed by atoms with van der Waals surface area (Å²) >= 11 is 0. The van der Waals surface area contributed by atoms with Crippen LogP contribution in [0.15, 0.2) is 29.3 Å². The van der Waals surface area contributed by atoms with E-state index in [0.717, 1.165) is 23.2 Å². The molecule has 0 amide bonds. The first-order chi connectivity index (χ1) is 7.11. The summed E-state index contributed by atoms with van der Waals surface area (Å²) in [5, 5.41) is 1.52. The molecular weight excluding hydrogens is 199 g/mol. The summed E-state index contributed by atoms with van der Waals surface area (Å²) in [5.74, 6) is 1.68. The lowest BCUT2D eigenvalue weighted by Crippen LogP contribution is -2.37. The summed E-state index contributed by atoms with van der Waals surface area (Å²) in [6, 6.07) is 0. The second kappa shape index (κ2) is 4.28. The van der Waals surface area contributed by atoms with Gasteiger partial charge in [0.15, 0.2) is 0 Å². The Morgan fingerprint density at radius 1 is 1.20 bits per heavy atom. The molecule has 0 bridgehead atoms. The second-order valence-electron chi connectivity index (χ2n) is 5.32. The molecule has 0 aromatic carbocycles. The molecule has 1 heterocycles. The zero-order chi connectivity index (χ0) is 11.0. The molecule has 82 valence electrons. The molecule has 0 aromatic heterocycles. The number of hydrogen-bond acceptors (Lipinski definition) is 0. The molecule has 0 nitrogen and oxygen atoms in total. The lowest BCUT2D eigenvalue weighted by atomic mass is 9.98. The Morgan fingerprint density at radius 2 is 1.80 bits per heavy atom. The average molecular weight is 220 g/mol. The van der Waals surface area contributed by atoms with Crippen molar-refractivity contribution < 1.29 is 0 Å². The van der Waals surface area contributed by atoms with Crippen molar-refractivity contribution in [3.63, 3.8) is 0 Å². The van der Waals surface area contributed by atoms with Gasteiger partial charge < -0.3 is 0 Å². The third kappa shape index (κ3) is 1.99. The van der Waals surface area contributed by atoms with E-state index in [-0.39, 0.29) is 7.92 Å². The van der Waals surface area contributed by atoms with E-state index in [2.05, 4.69) is 51.7 Å². The summed E-state index contributed by atoms with van der Waals surface area (Å²) in [6.07, 6.45) is 7.95. The van der Waals surface area contributed by atoms with Gasteiger partial charge in [0.1, 0.15) is 0 Å². The quantitative estimate of drug-likeness (QED) is 0.484. The second-order valence-corrected chi connectivity index (χ2v) is 7.94. The molecule has 0 spiro atoms. The number of hydrogen-bond donors (Lipinski definition) is 0. The average Bonchev–Trinajstić information content (AvgIpc) is 2.53. The van der Waals surface area contributed by atoms with E-state index in [9.17, 15) is 0 Å². The SMILES string of the molecule is CC(C)[C@H]1C[C@H](C(C)C)P1C1=C=CC=C1. The highest BCUT2D eigenvalue weighted by atomic mass is 31.1. The Labute approximate surface area is 94.9 Å². The van der Waals surface area contributed by atoms with Gasteiger partial charge in [0, 0.05) is 5.31 Å². The smallest absolute Gasteiger partial charge is 0.0180 e. The highest BCUT2D eigenvalue weighted by molar-refractivity contribution is 7.65. The van der Waals surface area contributed by atoms with Crippen molar-refractivity contribution in [3.8, 4) is 0 Å². The van der Waals surface area contributed by atoms with Crippen LogP contribution in [-0.2, 0) is 0 Å². The van der Waals surface area contributed by atoms with Crippen molar-refractivity contribution in [1.29, 1.82) is 0 Å². The molecule has 1 fully saturated rings. The molecule has 0 aromatic rings. The summed E-state index contributed by atoms with van der Waals surface area (Å²) in [6.45, 7) is 9.50. The van der Waals surface area contributed by atoms with Crippen molar-refractivity contribution in [3.05, 3.63) is 29.3 Å². The Hall–Kier alpha value is -0.310. The summed E-state index contributed by atoms with van der Waals surface area (Å²) < 4.78 is 0. The van der Waals surface area contributed by atoms with Crippen LogP contribution < -0.4 is 0 Å². The van der Waals surface area contributed by atoms with Crippen LogP contribution in [0.4, 0.5) is 0 Å². The van der Waals surface area contributed by atoms with Gasteiger partial charge in [-0.05, 0) is 41.7 Å². The predicted molar refractivity (Wildman–Crippen MR) is 69.5 cm³/mol. The first-order valence-corrected chi connectivity index (χ1v) is 7.51. The molecule has 0 N–H and O–H groups in total. The van der Waals surface area contributed by atoms with Gasteiger partial charge >= 0.3 is 0 Å². The van der Waals surface area contributed by atoms with Gasteiger partial charge in [-0.3, -0.25) is 0 Å². The lowest BCUT2D eigenvalue weighted by molar-refractivity contribution is 0.447. The topological polar surface area (TPSA) is 0 Å². The molecule has 0 unspecified atom stereocenters. The molecule has 2 aliphatic rings. The van der Waals surface area contributed by atoms with E-state index < -0.39 is 0 Å². The minimum absolute atomic E-state index is 0.0828. The molecule has 1 saturated heterocycles. The largest absolute Gasteiger partial charge is 0.112 e. The summed E-state index contributed by atoms with van der Waals surface area (Å²) in [4.78, 5) is 0. The van der Waals surface area contributed by atoms with Gasteiger partial charge in [-0.15, -0.1) is 5.73 Å². The van der Waals surface area contributed by atoms with Crippen LogP contribution in [0.1, 0.15) is 34.1 Å². The molecule has 2 atom stereocenters. The van der Waals surface area contributed by atoms with Crippen LogP contribution in [-0.4, -0.2) is 11.3 Å². The van der Waals surface area contributed by atoms with Gasteiger partial charge in [-0.25, -0.2) is 0 Å². The maximum absolute atomic E-state index is 3.44. The fourth-order valence-corrected chi connectivity index (χ4v) is 6.10. The summed E-state index contributed by atoms with van der Waals surface area (Å²) in [5.41, 5.74) is 5.34. The molecule has 1 heteroatoms. The van der Waals surface area contributed by atoms with E-state index in [0.29, 0.717) is 0 Å². The minimum Gasteiger partial charge on any atom is -0.112 e. The highest BCUT2D eigenvalue weighted by Crippen LogP contribution is 2.69. The molecule has 15 heavy (non-hydrogen) atoms. The first kappa shape index (κ1) is 11.2. The van der Waals surface area contributed by atoms with Crippen LogP contribution in [0.25, 0.3) is 0 Å². The third-order valence-corrected chi connectivity index (χ3v) is 7.47. The zero-order valence-electron chi connectivity index (χ0n) is 10.2. The molecule has 1 aliphatic heterocycles. The first-order valence-electron chi connectivity index (χ1n) is 6.03. The van der Waals surface area contributed by atoms with Crippen LogP contribution in [0, 0.1) is 11.8 Å². The van der Waals surface area contributed by atoms with E-state index in [4.69, 9.17) is 0 Å². The highest BCUT2D eigenvalue weighted by Gasteiger charge is 2.44. The third-order valence-electron chi connectivity index (χ3n) is 3.60. The molecule has 2 rings (SSSR count). The van der Waals surface area contributed by atoms with Crippen LogP contribution >= 0.6 is 7.92 Å². The van der Waals surface area contributed by atoms with Gasteiger partial charge in [0.25, 0.3) is 0 Å². The number of allylic oxidation sites excluding steroid dienone is 3. The number of rotatable bonds is 3. The fourth-order valence-electron chi connectivity index (χ4n) is 2.61. The fraction of sp³-hybridized carbons (Fsp3) is 0.643. The van der Waals surface area contributed by atoms with E-state index in [1.54, 1.807) is 0 Å². The van der Waals surface area contributed by atoms with Crippen molar-refractivity contribution >= 4 is 7.92 Å². The van der Waals surface area contributed by atoms with Gasteiger partial charge in [-0.1, -0.05) is 41.7 Å². The van der Waals surface area contributed by atoms with Crippen molar-refractivity contribution in [2.45, 2.75) is 45.4 Å². The van der Waals surface area contributed by atoms with Crippen molar-refractivity contribution in [2.24, 2.45) is 11.8 Å². The van der Waals surface area contributed by atoms with Gasteiger partial charge in [-0.2, -0.15) is 0 Å². The maximum Gasteiger partial charge on any atom is 0.0180 e.